The van der Waals surface area contributed by atoms with E-state index in [1.54, 1.807) is 41.0 Å². The fourth-order valence-corrected chi connectivity index (χ4v) is 6.18. The maximum atomic E-state index is 14.6. The molecule has 3 aromatic rings. The van der Waals surface area contributed by atoms with Gasteiger partial charge in [0.05, 0.1) is 23.8 Å². The predicted octanol–water partition coefficient (Wildman–Crippen LogP) is 7.88. The van der Waals surface area contributed by atoms with Crippen LogP contribution in [0.5, 0.6) is 5.75 Å². The average Bonchev–Trinajstić information content (AvgIpc) is 3.21. The van der Waals surface area contributed by atoms with Crippen molar-refractivity contribution in [2.45, 2.75) is 57.0 Å². The van der Waals surface area contributed by atoms with Crippen LogP contribution in [0, 0.1) is 0 Å². The number of urea groups is 1. The van der Waals surface area contributed by atoms with E-state index in [0.29, 0.717) is 41.5 Å². The number of halogens is 5. The van der Waals surface area contributed by atoms with Crippen molar-refractivity contribution in [3.05, 3.63) is 99.0 Å². The Morgan fingerprint density at radius 2 is 1.53 bits per heavy atom. The zero-order valence-electron chi connectivity index (χ0n) is 24.0. The van der Waals surface area contributed by atoms with Crippen molar-refractivity contribution in [3.63, 3.8) is 0 Å². The quantitative estimate of drug-likeness (QED) is 0.311. The summed E-state index contributed by atoms with van der Waals surface area (Å²) in [5.74, 6) is 0.130. The van der Waals surface area contributed by atoms with Gasteiger partial charge in [-0.2, -0.15) is 13.2 Å². The van der Waals surface area contributed by atoms with Crippen molar-refractivity contribution in [2.75, 3.05) is 19.7 Å². The van der Waals surface area contributed by atoms with Crippen molar-refractivity contribution in [2.24, 2.45) is 4.99 Å². The third kappa shape index (κ3) is 5.58. The predicted molar refractivity (Wildman–Crippen MR) is 161 cm³/mol. The molecule has 0 spiro atoms. The molecule has 1 N–H and O–H groups in total. The highest BCUT2D eigenvalue weighted by atomic mass is 35.5. The van der Waals surface area contributed by atoms with Gasteiger partial charge in [0.15, 0.2) is 0 Å². The molecule has 2 aliphatic rings. The highest BCUT2D eigenvalue weighted by Crippen LogP contribution is 2.54. The van der Waals surface area contributed by atoms with Gasteiger partial charge in [0, 0.05) is 23.1 Å². The molecule has 0 bridgehead atoms. The van der Waals surface area contributed by atoms with E-state index in [0.717, 1.165) is 17.7 Å². The molecule has 43 heavy (non-hydrogen) atoms. The number of aliphatic hydroxyl groups is 1. The van der Waals surface area contributed by atoms with E-state index >= 15 is 0 Å². The summed E-state index contributed by atoms with van der Waals surface area (Å²) >= 11 is 12.5. The molecule has 1 fully saturated rings. The minimum atomic E-state index is -4.60. The molecule has 2 atom stereocenters. The molecule has 2 amide bonds. The highest BCUT2D eigenvalue weighted by Gasteiger charge is 2.60. The number of carbonyl (C=O) groups is 1. The molecule has 5 rings (SSSR count). The third-order valence-electron chi connectivity index (χ3n) is 8.53. The second kappa shape index (κ2) is 11.7. The summed E-state index contributed by atoms with van der Waals surface area (Å²) in [5, 5.41) is 11.2. The van der Waals surface area contributed by atoms with Crippen LogP contribution in [0.15, 0.2) is 71.7 Å². The maximum absolute atomic E-state index is 14.6. The summed E-state index contributed by atoms with van der Waals surface area (Å²) < 4.78 is 47.0. The molecule has 228 valence electrons. The van der Waals surface area contributed by atoms with Gasteiger partial charge in [0.2, 0.25) is 0 Å². The zero-order valence-corrected chi connectivity index (χ0v) is 25.5. The standard InChI is InChI=1S/C32H32Cl2F3N3O3/c1-4-43-27-19-22(32(35,36)37)9-14-26(27)28-38-30(2,20-5-10-23(33)11-6-20)31(3,21-7-12-24(34)13-8-21)40(28)29(42)39-17-15-25(41)16-18-39/h5-14,19,25,41H,4,15-18H2,1-3H3. The number of alkyl halides is 3. The number of amides is 2. The number of amidine groups is 1. The second-order valence-electron chi connectivity index (χ2n) is 11.1. The second-order valence-corrected chi connectivity index (χ2v) is 11.9. The number of benzene rings is 3. The zero-order chi connectivity index (χ0) is 31.2. The number of piperidine rings is 1. The van der Waals surface area contributed by atoms with Crippen LogP contribution in [-0.4, -0.2) is 52.6 Å². The number of aliphatic hydroxyl groups excluding tert-OH is 1. The van der Waals surface area contributed by atoms with Gasteiger partial charge in [-0.1, -0.05) is 47.5 Å². The number of ether oxygens (including phenoxy) is 1. The lowest BCUT2D eigenvalue weighted by Crippen LogP contribution is -2.59. The summed E-state index contributed by atoms with van der Waals surface area (Å²) in [7, 11) is 0. The van der Waals surface area contributed by atoms with Crippen LogP contribution in [0.25, 0.3) is 0 Å². The lowest BCUT2D eigenvalue weighted by atomic mass is 9.71. The number of rotatable bonds is 5. The summed E-state index contributed by atoms with van der Waals surface area (Å²) in [6, 6.07) is 17.1. The largest absolute Gasteiger partial charge is 0.493 e. The normalized spacial score (nSPS) is 23.0. The van der Waals surface area contributed by atoms with Crippen LogP contribution in [0.2, 0.25) is 10.0 Å². The van der Waals surface area contributed by atoms with E-state index in [1.165, 1.54) is 6.07 Å². The van der Waals surface area contributed by atoms with Crippen LogP contribution >= 0.6 is 23.2 Å². The Kier molecular flexibility index (Phi) is 8.46. The molecule has 2 heterocycles. The molecule has 6 nitrogen and oxygen atoms in total. The smallest absolute Gasteiger partial charge is 0.416 e. The van der Waals surface area contributed by atoms with E-state index in [9.17, 15) is 23.1 Å². The molecule has 1 saturated heterocycles. The van der Waals surface area contributed by atoms with Gasteiger partial charge in [-0.25, -0.2) is 4.79 Å². The van der Waals surface area contributed by atoms with Gasteiger partial charge in [0.25, 0.3) is 0 Å². The molecule has 0 radical (unpaired) electrons. The van der Waals surface area contributed by atoms with Crippen molar-refractivity contribution >= 4 is 35.1 Å². The van der Waals surface area contributed by atoms with Gasteiger partial charge in [-0.05, 0) is 87.2 Å². The van der Waals surface area contributed by atoms with Crippen molar-refractivity contribution < 1.29 is 27.8 Å². The molecular weight excluding hydrogens is 602 g/mol. The lowest BCUT2D eigenvalue weighted by molar-refractivity contribution is -0.137. The molecule has 2 unspecified atom stereocenters. The average molecular weight is 635 g/mol. The number of aliphatic imine (C=N–C) groups is 1. The molecule has 0 saturated carbocycles. The van der Waals surface area contributed by atoms with Crippen molar-refractivity contribution in [1.29, 1.82) is 0 Å². The highest BCUT2D eigenvalue weighted by molar-refractivity contribution is 6.30. The first-order chi connectivity index (χ1) is 20.3. The van der Waals surface area contributed by atoms with Crippen molar-refractivity contribution in [1.82, 2.24) is 9.80 Å². The number of nitrogens with zero attached hydrogens (tertiary/aromatic N) is 3. The Morgan fingerprint density at radius 3 is 2.07 bits per heavy atom. The Balaban J connectivity index is 1.79. The Labute approximate surface area is 258 Å². The molecule has 3 aromatic carbocycles. The van der Waals surface area contributed by atoms with Crippen LogP contribution < -0.4 is 4.74 Å². The van der Waals surface area contributed by atoms with Gasteiger partial charge in [-0.3, -0.25) is 9.89 Å². The SMILES string of the molecule is CCOc1cc(C(F)(F)F)ccc1C1=NC(C)(c2ccc(Cl)cc2)C(C)(c2ccc(Cl)cc2)N1C(=O)N1CCC(O)CC1. The fraction of sp³-hybridized carbons (Fsp3) is 0.375. The van der Waals surface area contributed by atoms with Gasteiger partial charge < -0.3 is 14.7 Å². The van der Waals surface area contributed by atoms with E-state index in [2.05, 4.69) is 0 Å². The number of likely N-dealkylation sites (tertiary alicyclic amines) is 1. The third-order valence-corrected chi connectivity index (χ3v) is 9.03. The summed E-state index contributed by atoms with van der Waals surface area (Å²) in [5.41, 5.74) is -1.51. The lowest BCUT2D eigenvalue weighted by Gasteiger charge is -2.47. The molecular formula is C32H32Cl2F3N3O3. The Hall–Kier alpha value is -3.27. The first-order valence-electron chi connectivity index (χ1n) is 14.0. The van der Waals surface area contributed by atoms with Crippen molar-refractivity contribution in [3.8, 4) is 5.75 Å². The van der Waals surface area contributed by atoms with E-state index in [-0.39, 0.29) is 29.8 Å². The van der Waals surface area contributed by atoms with E-state index < -0.39 is 28.9 Å². The number of hydrogen-bond acceptors (Lipinski definition) is 4. The van der Waals surface area contributed by atoms with Gasteiger partial charge in [-0.15, -0.1) is 0 Å². The first-order valence-corrected chi connectivity index (χ1v) is 14.8. The number of hydrogen-bond donors (Lipinski definition) is 1. The van der Waals surface area contributed by atoms with Gasteiger partial charge >= 0.3 is 12.2 Å². The molecule has 0 aliphatic carbocycles. The Bertz CT molecular complexity index is 1520. The molecule has 2 aliphatic heterocycles. The fourth-order valence-electron chi connectivity index (χ4n) is 5.92. The van der Waals surface area contributed by atoms with Crippen LogP contribution in [-0.2, 0) is 17.3 Å². The monoisotopic (exact) mass is 633 g/mol. The summed E-state index contributed by atoms with van der Waals surface area (Å²) in [6.45, 7) is 6.18. The number of carbonyl (C=O) groups excluding carboxylic acids is 1. The minimum Gasteiger partial charge on any atom is -0.493 e. The maximum Gasteiger partial charge on any atom is 0.416 e. The van der Waals surface area contributed by atoms with Gasteiger partial charge in [0.1, 0.15) is 22.7 Å². The van der Waals surface area contributed by atoms with E-state index in [1.807, 2.05) is 38.1 Å². The summed E-state index contributed by atoms with van der Waals surface area (Å²) in [4.78, 5) is 23.0. The first kappa shape index (κ1) is 31.2. The van der Waals surface area contributed by atoms with Crippen LogP contribution in [0.4, 0.5) is 18.0 Å². The molecule has 11 heteroatoms. The van der Waals surface area contributed by atoms with Crippen LogP contribution in [0.3, 0.4) is 0 Å². The topological polar surface area (TPSA) is 65.4 Å². The molecule has 0 aromatic heterocycles. The summed E-state index contributed by atoms with van der Waals surface area (Å²) in [6.07, 6.45) is -4.30. The van der Waals surface area contributed by atoms with E-state index in [4.69, 9.17) is 32.9 Å². The Morgan fingerprint density at radius 1 is 0.977 bits per heavy atom. The van der Waals surface area contributed by atoms with Crippen LogP contribution in [0.1, 0.15) is 55.9 Å². The minimum absolute atomic E-state index is 0.0400.